The zero-order valence-corrected chi connectivity index (χ0v) is 15.0. The molecule has 0 aromatic heterocycles. The Labute approximate surface area is 146 Å². The number of alkyl halides is 3. The largest absolute Gasteiger partial charge is 0.484 e. The second kappa shape index (κ2) is 9.50. The number of ether oxygens (including phenoxy) is 2. The molecule has 1 aromatic rings. The highest BCUT2D eigenvalue weighted by Crippen LogP contribution is 2.22. The first-order valence-corrected chi connectivity index (χ1v) is 8.01. The summed E-state index contributed by atoms with van der Waals surface area (Å²) in [4.78, 5) is 4.40. The lowest BCUT2D eigenvalue weighted by Gasteiger charge is -2.24. The van der Waals surface area contributed by atoms with E-state index in [1.165, 1.54) is 6.07 Å². The van der Waals surface area contributed by atoms with Gasteiger partial charge in [-0.25, -0.2) is 4.99 Å². The van der Waals surface area contributed by atoms with Crippen LogP contribution in [0.3, 0.4) is 0 Å². The first kappa shape index (κ1) is 21.1. The molecule has 0 unspecified atom stereocenters. The zero-order valence-electron chi connectivity index (χ0n) is 15.0. The highest BCUT2D eigenvalue weighted by molar-refractivity contribution is 5.79. The quantitative estimate of drug-likeness (QED) is 0.552. The highest BCUT2D eigenvalue weighted by atomic mass is 19.4. The van der Waals surface area contributed by atoms with Gasteiger partial charge in [0.15, 0.2) is 12.6 Å². The van der Waals surface area contributed by atoms with Gasteiger partial charge in [-0.05, 0) is 26.8 Å². The Morgan fingerprint density at radius 3 is 2.44 bits per heavy atom. The van der Waals surface area contributed by atoms with Crippen LogP contribution in [0.1, 0.15) is 26.3 Å². The van der Waals surface area contributed by atoms with E-state index in [0.29, 0.717) is 24.6 Å². The summed E-state index contributed by atoms with van der Waals surface area (Å²) in [7, 11) is 1.62. The van der Waals surface area contributed by atoms with Gasteiger partial charge in [-0.2, -0.15) is 13.2 Å². The molecule has 8 heteroatoms. The second-order valence-corrected chi connectivity index (χ2v) is 6.02. The van der Waals surface area contributed by atoms with E-state index in [-0.39, 0.29) is 17.9 Å². The van der Waals surface area contributed by atoms with Crippen molar-refractivity contribution in [2.75, 3.05) is 26.8 Å². The smallest absolute Gasteiger partial charge is 0.422 e. The molecule has 1 aromatic carbocycles. The van der Waals surface area contributed by atoms with Crippen molar-refractivity contribution in [3.8, 4) is 5.75 Å². The molecule has 2 N–H and O–H groups in total. The number of benzene rings is 1. The Hall–Kier alpha value is -1.96. The van der Waals surface area contributed by atoms with Crippen LogP contribution in [0.2, 0.25) is 0 Å². The molecule has 0 bridgehead atoms. The number of hydrogen-bond acceptors (Lipinski definition) is 3. The van der Waals surface area contributed by atoms with Gasteiger partial charge in [-0.15, -0.1) is 0 Å². The summed E-state index contributed by atoms with van der Waals surface area (Å²) in [6, 6.07) is 6.56. The number of nitrogens with zero attached hydrogens (tertiary/aromatic N) is 1. The van der Waals surface area contributed by atoms with Gasteiger partial charge in [0, 0.05) is 25.8 Å². The number of guanidine groups is 1. The van der Waals surface area contributed by atoms with E-state index in [9.17, 15) is 13.2 Å². The maximum Gasteiger partial charge on any atom is 0.422 e. The van der Waals surface area contributed by atoms with Crippen molar-refractivity contribution in [3.05, 3.63) is 29.8 Å². The molecular formula is C17H26F3N3O2. The summed E-state index contributed by atoms with van der Waals surface area (Å²) in [5.41, 5.74) is 0.208. The Kier molecular flexibility index (Phi) is 8.02. The summed E-state index contributed by atoms with van der Waals surface area (Å²) in [6.07, 6.45) is -4.38. The standard InChI is InChI=1S/C17H26F3N3O2/c1-5-21-15(23-11-16(2,3)24-4)22-10-13-8-6-7-9-14(13)25-12-17(18,19)20/h6-9H,5,10-12H2,1-4H3,(H2,21,22,23). The molecular weight excluding hydrogens is 335 g/mol. The van der Waals surface area contributed by atoms with E-state index < -0.39 is 12.8 Å². The average molecular weight is 361 g/mol. The minimum absolute atomic E-state index is 0.177. The predicted molar refractivity (Wildman–Crippen MR) is 91.9 cm³/mol. The van der Waals surface area contributed by atoms with Crippen molar-refractivity contribution >= 4 is 5.96 Å². The maximum absolute atomic E-state index is 12.3. The molecule has 0 saturated carbocycles. The van der Waals surface area contributed by atoms with Crippen molar-refractivity contribution in [1.82, 2.24) is 10.6 Å². The lowest BCUT2D eigenvalue weighted by atomic mass is 10.1. The first-order valence-electron chi connectivity index (χ1n) is 8.01. The predicted octanol–water partition coefficient (Wildman–Crippen LogP) is 3.11. The fourth-order valence-corrected chi connectivity index (χ4v) is 1.81. The molecule has 142 valence electrons. The Morgan fingerprint density at radius 2 is 1.84 bits per heavy atom. The Balaban J connectivity index is 2.78. The van der Waals surface area contributed by atoms with Crippen LogP contribution in [0.4, 0.5) is 13.2 Å². The number of methoxy groups -OCH3 is 1. The molecule has 0 saturated heterocycles. The number of aliphatic imine (C=N–C) groups is 1. The molecule has 0 radical (unpaired) electrons. The van der Waals surface area contributed by atoms with E-state index in [1.54, 1.807) is 25.3 Å². The van der Waals surface area contributed by atoms with Crippen LogP contribution in [-0.2, 0) is 11.3 Å². The van der Waals surface area contributed by atoms with Gasteiger partial charge >= 0.3 is 6.18 Å². The monoisotopic (exact) mass is 361 g/mol. The summed E-state index contributed by atoms with van der Waals surface area (Å²) < 4.78 is 47.3. The number of nitrogens with one attached hydrogen (secondary N) is 2. The van der Waals surface area contributed by atoms with Gasteiger partial charge in [-0.1, -0.05) is 18.2 Å². The lowest BCUT2D eigenvalue weighted by molar-refractivity contribution is -0.153. The SMILES string of the molecule is CCNC(=NCc1ccccc1OCC(F)(F)F)NCC(C)(C)OC. The van der Waals surface area contributed by atoms with Crippen LogP contribution in [-0.4, -0.2) is 44.5 Å². The van der Waals surface area contributed by atoms with Crippen LogP contribution in [0.15, 0.2) is 29.3 Å². The molecule has 0 atom stereocenters. The van der Waals surface area contributed by atoms with Gasteiger partial charge in [0.05, 0.1) is 12.1 Å². The zero-order chi connectivity index (χ0) is 18.9. The summed E-state index contributed by atoms with van der Waals surface area (Å²) in [5.74, 6) is 0.731. The number of hydrogen-bond donors (Lipinski definition) is 2. The van der Waals surface area contributed by atoms with Crippen LogP contribution < -0.4 is 15.4 Å². The minimum atomic E-state index is -4.38. The molecule has 0 fully saturated rings. The Morgan fingerprint density at radius 1 is 1.16 bits per heavy atom. The van der Waals surface area contributed by atoms with E-state index >= 15 is 0 Å². The summed E-state index contributed by atoms with van der Waals surface area (Å²) in [6.45, 7) is 5.85. The topological polar surface area (TPSA) is 54.9 Å². The van der Waals surface area contributed by atoms with Gasteiger partial charge < -0.3 is 20.1 Å². The van der Waals surface area contributed by atoms with E-state index in [4.69, 9.17) is 9.47 Å². The fourth-order valence-electron chi connectivity index (χ4n) is 1.81. The number of halogens is 3. The van der Waals surface area contributed by atoms with E-state index in [1.807, 2.05) is 20.8 Å². The first-order chi connectivity index (χ1) is 11.7. The van der Waals surface area contributed by atoms with Crippen LogP contribution in [0.5, 0.6) is 5.75 Å². The van der Waals surface area contributed by atoms with Crippen molar-refractivity contribution in [3.63, 3.8) is 0 Å². The molecule has 0 heterocycles. The third-order valence-corrected chi connectivity index (χ3v) is 3.35. The summed E-state index contributed by atoms with van der Waals surface area (Å²) in [5, 5.41) is 6.24. The van der Waals surface area contributed by atoms with E-state index in [0.717, 1.165) is 0 Å². The third kappa shape index (κ3) is 8.62. The Bertz CT molecular complexity index is 560. The molecule has 0 amide bonds. The molecule has 0 spiro atoms. The number of para-hydroxylation sites is 1. The fraction of sp³-hybridized carbons (Fsp3) is 0.588. The minimum Gasteiger partial charge on any atom is -0.484 e. The highest BCUT2D eigenvalue weighted by Gasteiger charge is 2.28. The van der Waals surface area contributed by atoms with Crippen LogP contribution in [0.25, 0.3) is 0 Å². The molecule has 1 rings (SSSR count). The third-order valence-electron chi connectivity index (χ3n) is 3.35. The maximum atomic E-state index is 12.3. The van der Waals surface area contributed by atoms with Crippen molar-refractivity contribution in [2.45, 2.75) is 39.1 Å². The lowest BCUT2D eigenvalue weighted by Crippen LogP contribution is -2.45. The molecule has 0 aliphatic rings. The summed E-state index contributed by atoms with van der Waals surface area (Å²) >= 11 is 0. The van der Waals surface area contributed by atoms with Crippen LogP contribution in [0, 0.1) is 0 Å². The molecule has 25 heavy (non-hydrogen) atoms. The van der Waals surface area contributed by atoms with Crippen molar-refractivity contribution in [2.24, 2.45) is 4.99 Å². The molecule has 0 aliphatic carbocycles. The average Bonchev–Trinajstić information content (AvgIpc) is 2.55. The van der Waals surface area contributed by atoms with Gasteiger partial charge in [-0.3, -0.25) is 0 Å². The normalized spacial score (nSPS) is 12.8. The van der Waals surface area contributed by atoms with Gasteiger partial charge in [0.1, 0.15) is 5.75 Å². The van der Waals surface area contributed by atoms with Gasteiger partial charge in [0.2, 0.25) is 0 Å². The second-order valence-electron chi connectivity index (χ2n) is 6.02. The van der Waals surface area contributed by atoms with Gasteiger partial charge in [0.25, 0.3) is 0 Å². The van der Waals surface area contributed by atoms with Crippen LogP contribution >= 0.6 is 0 Å². The van der Waals surface area contributed by atoms with E-state index in [2.05, 4.69) is 15.6 Å². The van der Waals surface area contributed by atoms with Crippen molar-refractivity contribution in [1.29, 1.82) is 0 Å². The number of rotatable bonds is 8. The molecule has 0 aliphatic heterocycles. The van der Waals surface area contributed by atoms with Crippen molar-refractivity contribution < 1.29 is 22.6 Å². The molecule has 5 nitrogen and oxygen atoms in total.